The Bertz CT molecular complexity index is 308. The topological polar surface area (TPSA) is 58.7 Å². The molecule has 0 bridgehead atoms. The minimum atomic E-state index is -0.771. The van der Waals surface area contributed by atoms with Gasteiger partial charge in [-0.25, -0.2) is 0 Å². The molecule has 0 amide bonds. The Balaban J connectivity index is 1.90. The van der Waals surface area contributed by atoms with Gasteiger partial charge in [0.05, 0.1) is 11.3 Å². The quantitative estimate of drug-likeness (QED) is 0.557. The fourth-order valence-corrected chi connectivity index (χ4v) is 2.58. The number of guanidine groups is 1. The molecule has 0 aromatic carbocycles. The molecule has 2 fully saturated rings. The molecule has 4 nitrogen and oxygen atoms in total. The van der Waals surface area contributed by atoms with E-state index in [1.54, 1.807) is 6.26 Å². The second-order valence-electron chi connectivity index (χ2n) is 4.65. The van der Waals surface area contributed by atoms with Gasteiger partial charge in [-0.05, 0) is 25.7 Å². The Kier molecular flexibility index (Phi) is 2.75. The van der Waals surface area contributed by atoms with Crippen molar-refractivity contribution >= 4 is 16.8 Å². The molecule has 2 N–H and O–H groups in total. The summed E-state index contributed by atoms with van der Waals surface area (Å²) in [6.07, 6.45) is 6.26. The SMILES string of the molecule is CN(C(N)=NCC1(S(C)=O)CC1)C1CC1. The molecule has 0 radical (unpaired) electrons. The lowest BCUT2D eigenvalue weighted by atomic mass is 10.4. The maximum absolute atomic E-state index is 11.4. The fraction of sp³-hybridized carbons (Fsp3) is 0.900. The largest absolute Gasteiger partial charge is 0.370 e. The maximum Gasteiger partial charge on any atom is 0.191 e. The summed E-state index contributed by atoms with van der Waals surface area (Å²) in [6.45, 7) is 0.624. The van der Waals surface area contributed by atoms with Gasteiger partial charge >= 0.3 is 0 Å². The van der Waals surface area contributed by atoms with Crippen LogP contribution in [0.2, 0.25) is 0 Å². The van der Waals surface area contributed by atoms with Crippen LogP contribution >= 0.6 is 0 Å². The minimum Gasteiger partial charge on any atom is -0.370 e. The van der Waals surface area contributed by atoms with Crippen LogP contribution in [0.15, 0.2) is 4.99 Å². The van der Waals surface area contributed by atoms with Crippen molar-refractivity contribution in [2.45, 2.75) is 36.5 Å². The highest BCUT2D eigenvalue weighted by atomic mass is 32.2. The predicted octanol–water partition coefficient (Wildman–Crippen LogP) is 0.306. The summed E-state index contributed by atoms with van der Waals surface area (Å²) in [7, 11) is 1.21. The molecule has 5 heteroatoms. The molecule has 1 atom stereocenters. The Morgan fingerprint density at radius 1 is 1.60 bits per heavy atom. The van der Waals surface area contributed by atoms with Gasteiger partial charge in [-0.2, -0.15) is 0 Å². The van der Waals surface area contributed by atoms with Crippen molar-refractivity contribution in [3.8, 4) is 0 Å². The fourth-order valence-electron chi connectivity index (χ4n) is 1.66. The van der Waals surface area contributed by atoms with Crippen LogP contribution in [0.25, 0.3) is 0 Å². The molecule has 86 valence electrons. The van der Waals surface area contributed by atoms with E-state index in [2.05, 4.69) is 4.99 Å². The van der Waals surface area contributed by atoms with Crippen LogP contribution in [0.1, 0.15) is 25.7 Å². The average molecular weight is 229 g/mol. The monoisotopic (exact) mass is 229 g/mol. The standard InChI is InChI=1S/C10H19N3OS/c1-13(8-3-4-8)9(11)12-7-10(5-6-10)15(2)14/h8H,3-7H2,1-2H3,(H2,11,12). The van der Waals surface area contributed by atoms with Gasteiger partial charge < -0.3 is 10.6 Å². The first kappa shape index (κ1) is 10.9. The highest BCUT2D eigenvalue weighted by molar-refractivity contribution is 7.86. The highest BCUT2D eigenvalue weighted by Crippen LogP contribution is 2.41. The van der Waals surface area contributed by atoms with Crippen LogP contribution in [0.5, 0.6) is 0 Å². The lowest BCUT2D eigenvalue weighted by Gasteiger charge is -2.18. The Hall–Kier alpha value is -0.580. The van der Waals surface area contributed by atoms with E-state index in [0.717, 1.165) is 12.8 Å². The van der Waals surface area contributed by atoms with E-state index in [1.165, 1.54) is 12.8 Å². The molecule has 2 rings (SSSR count). The molecule has 15 heavy (non-hydrogen) atoms. The van der Waals surface area contributed by atoms with Crippen molar-refractivity contribution in [1.82, 2.24) is 4.90 Å². The molecule has 0 saturated heterocycles. The van der Waals surface area contributed by atoms with Crippen molar-refractivity contribution in [1.29, 1.82) is 0 Å². The van der Waals surface area contributed by atoms with Crippen molar-refractivity contribution in [2.24, 2.45) is 10.7 Å². The summed E-state index contributed by atoms with van der Waals surface area (Å²) in [4.78, 5) is 6.40. The number of nitrogens with zero attached hydrogens (tertiary/aromatic N) is 2. The number of hydrogen-bond acceptors (Lipinski definition) is 2. The zero-order valence-electron chi connectivity index (χ0n) is 9.40. The molecule has 0 spiro atoms. The van der Waals surface area contributed by atoms with Crippen LogP contribution in [0.4, 0.5) is 0 Å². The molecular formula is C10H19N3OS. The molecule has 0 heterocycles. The van der Waals surface area contributed by atoms with Crippen LogP contribution < -0.4 is 5.73 Å². The third kappa shape index (κ3) is 2.33. The van der Waals surface area contributed by atoms with Gasteiger partial charge in [0.1, 0.15) is 0 Å². The van der Waals surface area contributed by atoms with Crippen molar-refractivity contribution in [2.75, 3.05) is 19.8 Å². The van der Waals surface area contributed by atoms with Gasteiger partial charge in [-0.1, -0.05) is 0 Å². The number of rotatable bonds is 4. The third-order valence-electron chi connectivity index (χ3n) is 3.40. The van der Waals surface area contributed by atoms with Crippen LogP contribution in [0, 0.1) is 0 Å². The van der Waals surface area contributed by atoms with Crippen LogP contribution in [-0.2, 0) is 10.8 Å². The highest BCUT2D eigenvalue weighted by Gasteiger charge is 2.46. The number of hydrogen-bond donors (Lipinski definition) is 1. The molecular weight excluding hydrogens is 210 g/mol. The van der Waals surface area contributed by atoms with Gasteiger partial charge in [0, 0.05) is 30.1 Å². The summed E-state index contributed by atoms with van der Waals surface area (Å²) in [5.41, 5.74) is 5.87. The van der Waals surface area contributed by atoms with Gasteiger partial charge in [-0.15, -0.1) is 0 Å². The number of aliphatic imine (C=N–C) groups is 1. The Morgan fingerprint density at radius 3 is 2.60 bits per heavy atom. The normalized spacial score (nSPS) is 26.1. The van der Waals surface area contributed by atoms with E-state index in [0.29, 0.717) is 18.5 Å². The van der Waals surface area contributed by atoms with E-state index in [9.17, 15) is 4.21 Å². The summed E-state index contributed by atoms with van der Waals surface area (Å²) >= 11 is 0. The molecule has 2 aliphatic carbocycles. The lowest BCUT2D eigenvalue weighted by molar-refractivity contribution is 0.487. The zero-order valence-corrected chi connectivity index (χ0v) is 10.2. The number of nitrogens with two attached hydrogens (primary N) is 1. The first-order valence-corrected chi connectivity index (χ1v) is 6.97. The first-order valence-electron chi connectivity index (χ1n) is 5.41. The summed E-state index contributed by atoms with van der Waals surface area (Å²) in [6, 6.07) is 0.594. The van der Waals surface area contributed by atoms with Gasteiger partial charge in [0.15, 0.2) is 5.96 Å². The Morgan fingerprint density at radius 2 is 2.20 bits per heavy atom. The summed E-state index contributed by atoms with van der Waals surface area (Å²) < 4.78 is 11.4. The van der Waals surface area contributed by atoms with E-state index in [-0.39, 0.29) is 4.75 Å². The van der Waals surface area contributed by atoms with E-state index >= 15 is 0 Å². The molecule has 1 unspecified atom stereocenters. The molecule has 2 aliphatic rings. The predicted molar refractivity (Wildman–Crippen MR) is 63.3 cm³/mol. The van der Waals surface area contributed by atoms with Crippen molar-refractivity contribution in [3.63, 3.8) is 0 Å². The second kappa shape index (κ2) is 3.77. The van der Waals surface area contributed by atoms with Crippen molar-refractivity contribution < 1.29 is 4.21 Å². The Labute approximate surface area is 93.4 Å². The van der Waals surface area contributed by atoms with Gasteiger partial charge in [0.25, 0.3) is 0 Å². The maximum atomic E-state index is 11.4. The zero-order chi connectivity index (χ0) is 11.1. The van der Waals surface area contributed by atoms with Gasteiger partial charge in [0.2, 0.25) is 0 Å². The molecule has 2 saturated carbocycles. The first-order chi connectivity index (χ1) is 7.05. The summed E-state index contributed by atoms with van der Waals surface area (Å²) in [5.74, 6) is 0.606. The van der Waals surface area contributed by atoms with Crippen LogP contribution in [0.3, 0.4) is 0 Å². The molecule has 0 aromatic heterocycles. The average Bonchev–Trinajstić information content (AvgIpc) is 3.02. The van der Waals surface area contributed by atoms with E-state index in [1.807, 2.05) is 11.9 Å². The third-order valence-corrected chi connectivity index (χ3v) is 5.16. The van der Waals surface area contributed by atoms with E-state index < -0.39 is 10.8 Å². The second-order valence-corrected chi connectivity index (χ2v) is 6.43. The van der Waals surface area contributed by atoms with Crippen LogP contribution in [-0.4, -0.2) is 45.7 Å². The van der Waals surface area contributed by atoms with Crippen molar-refractivity contribution in [3.05, 3.63) is 0 Å². The van der Waals surface area contributed by atoms with Gasteiger partial charge in [-0.3, -0.25) is 9.20 Å². The summed E-state index contributed by atoms with van der Waals surface area (Å²) in [5, 5.41) is 0. The van der Waals surface area contributed by atoms with E-state index in [4.69, 9.17) is 5.73 Å². The molecule has 0 aliphatic heterocycles. The minimum absolute atomic E-state index is 0.0466. The lowest BCUT2D eigenvalue weighted by Crippen LogP contribution is -2.36. The smallest absolute Gasteiger partial charge is 0.191 e. The molecule has 0 aromatic rings.